The second kappa shape index (κ2) is 7.27. The lowest BCUT2D eigenvalue weighted by molar-refractivity contribution is 0.375. The van der Waals surface area contributed by atoms with E-state index in [4.69, 9.17) is 9.26 Å². The van der Waals surface area contributed by atoms with Gasteiger partial charge in [-0.3, -0.25) is 0 Å². The summed E-state index contributed by atoms with van der Waals surface area (Å²) in [5, 5.41) is 3.87. The smallest absolute Gasteiger partial charge is 0.244 e. The van der Waals surface area contributed by atoms with E-state index in [1.807, 2.05) is 44.2 Å². The molecule has 0 atom stereocenters. The summed E-state index contributed by atoms with van der Waals surface area (Å²) in [5.41, 5.74) is 2.60. The van der Waals surface area contributed by atoms with Crippen LogP contribution in [0.5, 0.6) is 5.75 Å². The zero-order chi connectivity index (χ0) is 18.7. The van der Waals surface area contributed by atoms with E-state index in [1.165, 1.54) is 7.11 Å². The molecular formula is C18H19N3O4S. The Morgan fingerprint density at radius 1 is 1.12 bits per heavy atom. The highest BCUT2D eigenvalue weighted by molar-refractivity contribution is 7.89. The molecule has 0 aliphatic heterocycles. The van der Waals surface area contributed by atoms with Gasteiger partial charge in [-0.15, -0.1) is 0 Å². The first-order valence-corrected chi connectivity index (χ1v) is 9.42. The minimum Gasteiger partial charge on any atom is -0.495 e. The van der Waals surface area contributed by atoms with Crippen LogP contribution in [0.3, 0.4) is 0 Å². The molecular weight excluding hydrogens is 354 g/mol. The molecule has 0 bridgehead atoms. The molecule has 0 spiro atoms. The van der Waals surface area contributed by atoms with E-state index >= 15 is 0 Å². The predicted molar refractivity (Wildman–Crippen MR) is 96.2 cm³/mol. The minimum absolute atomic E-state index is 0.0749. The third kappa shape index (κ3) is 3.76. The maximum Gasteiger partial charge on any atom is 0.244 e. The number of benzene rings is 2. The maximum absolute atomic E-state index is 12.6. The summed E-state index contributed by atoms with van der Waals surface area (Å²) >= 11 is 0. The number of sulfonamides is 1. The van der Waals surface area contributed by atoms with Crippen molar-refractivity contribution in [2.75, 3.05) is 7.11 Å². The van der Waals surface area contributed by atoms with E-state index in [0.29, 0.717) is 5.82 Å². The number of nitrogens with one attached hydrogen (secondary N) is 1. The largest absolute Gasteiger partial charge is 0.495 e. The van der Waals surface area contributed by atoms with Crippen molar-refractivity contribution in [1.29, 1.82) is 0 Å². The fourth-order valence-electron chi connectivity index (χ4n) is 2.40. The van der Waals surface area contributed by atoms with Crippen molar-refractivity contribution in [2.24, 2.45) is 0 Å². The van der Waals surface area contributed by atoms with Gasteiger partial charge in [0.2, 0.25) is 21.7 Å². The van der Waals surface area contributed by atoms with Gasteiger partial charge in [0.15, 0.2) is 0 Å². The fraction of sp³-hybridized carbons (Fsp3) is 0.222. The zero-order valence-corrected chi connectivity index (χ0v) is 15.5. The minimum atomic E-state index is -3.80. The van der Waals surface area contributed by atoms with Gasteiger partial charge in [-0.05, 0) is 37.1 Å². The Morgan fingerprint density at radius 2 is 1.81 bits per heavy atom. The normalized spacial score (nSPS) is 11.5. The van der Waals surface area contributed by atoms with Crippen LogP contribution in [-0.4, -0.2) is 25.7 Å². The van der Waals surface area contributed by atoms with Crippen molar-refractivity contribution in [3.05, 3.63) is 59.5 Å². The Labute approximate surface area is 152 Å². The molecule has 0 radical (unpaired) electrons. The van der Waals surface area contributed by atoms with Crippen molar-refractivity contribution < 1.29 is 17.7 Å². The lowest BCUT2D eigenvalue weighted by atomic mass is 10.1. The molecule has 0 aliphatic rings. The molecule has 3 aromatic rings. The summed E-state index contributed by atoms with van der Waals surface area (Å²) in [7, 11) is -2.36. The van der Waals surface area contributed by atoms with E-state index in [0.717, 1.165) is 16.7 Å². The van der Waals surface area contributed by atoms with Crippen molar-refractivity contribution in [3.63, 3.8) is 0 Å². The number of hydrogen-bond donors (Lipinski definition) is 1. The number of aryl methyl sites for hydroxylation is 2. The molecule has 0 saturated heterocycles. The molecule has 0 amide bonds. The maximum atomic E-state index is 12.6. The summed E-state index contributed by atoms with van der Waals surface area (Å²) in [6.07, 6.45) is 0. The molecule has 3 rings (SSSR count). The lowest BCUT2D eigenvalue weighted by Gasteiger charge is -2.12. The molecule has 1 aromatic heterocycles. The summed E-state index contributed by atoms with van der Waals surface area (Å²) in [6.45, 7) is 3.63. The highest BCUT2D eigenvalue weighted by Gasteiger charge is 2.21. The average molecular weight is 373 g/mol. The molecule has 0 aliphatic carbocycles. The molecule has 2 aromatic carbocycles. The number of aromatic nitrogens is 2. The topological polar surface area (TPSA) is 94.3 Å². The van der Waals surface area contributed by atoms with Gasteiger partial charge >= 0.3 is 0 Å². The van der Waals surface area contributed by atoms with Gasteiger partial charge in [0.1, 0.15) is 10.6 Å². The van der Waals surface area contributed by atoms with E-state index < -0.39 is 10.0 Å². The van der Waals surface area contributed by atoms with Crippen LogP contribution in [0.1, 0.15) is 17.0 Å². The highest BCUT2D eigenvalue weighted by atomic mass is 32.2. The Hall–Kier alpha value is -2.71. The Morgan fingerprint density at radius 3 is 2.50 bits per heavy atom. The van der Waals surface area contributed by atoms with Gasteiger partial charge in [0.25, 0.3) is 0 Å². The standard InChI is InChI=1S/C18H19N3O4S/c1-12-9-15(24-3)16(10-13(12)2)26(22,23)19-11-17-20-18(21-25-17)14-7-5-4-6-8-14/h4-10,19H,11H2,1-3H3. The van der Waals surface area contributed by atoms with Gasteiger partial charge in [0, 0.05) is 5.56 Å². The first-order chi connectivity index (χ1) is 12.4. The summed E-state index contributed by atoms with van der Waals surface area (Å²) in [6, 6.07) is 12.6. The molecule has 7 nitrogen and oxygen atoms in total. The summed E-state index contributed by atoms with van der Waals surface area (Å²) in [5.74, 6) is 0.870. The molecule has 0 saturated carbocycles. The van der Waals surface area contributed by atoms with E-state index in [9.17, 15) is 8.42 Å². The second-order valence-electron chi connectivity index (χ2n) is 5.79. The number of rotatable bonds is 6. The predicted octanol–water partition coefficient (Wildman–Crippen LogP) is 2.84. The van der Waals surface area contributed by atoms with Crippen molar-refractivity contribution in [2.45, 2.75) is 25.3 Å². The molecule has 1 N–H and O–H groups in total. The quantitative estimate of drug-likeness (QED) is 0.714. The second-order valence-corrected chi connectivity index (χ2v) is 7.53. The molecule has 26 heavy (non-hydrogen) atoms. The SMILES string of the molecule is COc1cc(C)c(C)cc1S(=O)(=O)NCc1nc(-c2ccccc2)no1. The molecule has 0 unspecified atom stereocenters. The monoisotopic (exact) mass is 373 g/mol. The van der Waals surface area contributed by atoms with Crippen LogP contribution < -0.4 is 9.46 Å². The van der Waals surface area contributed by atoms with Gasteiger partial charge in [-0.2, -0.15) is 4.98 Å². The van der Waals surface area contributed by atoms with Crippen LogP contribution in [0.15, 0.2) is 51.9 Å². The van der Waals surface area contributed by atoms with Crippen molar-refractivity contribution in [1.82, 2.24) is 14.9 Å². The van der Waals surface area contributed by atoms with E-state index in [2.05, 4.69) is 14.9 Å². The zero-order valence-electron chi connectivity index (χ0n) is 14.7. The first kappa shape index (κ1) is 18.1. The molecule has 8 heteroatoms. The van der Waals surface area contributed by atoms with Gasteiger partial charge in [-0.1, -0.05) is 35.5 Å². The third-order valence-corrected chi connectivity index (χ3v) is 5.41. The van der Waals surface area contributed by atoms with Gasteiger partial charge in [-0.25, -0.2) is 13.1 Å². The molecule has 1 heterocycles. The Bertz CT molecular complexity index is 1010. The fourth-order valence-corrected chi connectivity index (χ4v) is 3.61. The van der Waals surface area contributed by atoms with Crippen LogP contribution in [-0.2, 0) is 16.6 Å². The highest BCUT2D eigenvalue weighted by Crippen LogP contribution is 2.27. The summed E-state index contributed by atoms with van der Waals surface area (Å²) < 4.78 is 38.1. The number of nitrogens with zero attached hydrogens (tertiary/aromatic N) is 2. The summed E-state index contributed by atoms with van der Waals surface area (Å²) in [4.78, 5) is 4.29. The molecule has 0 fully saturated rings. The van der Waals surface area contributed by atoms with Crippen LogP contribution in [0, 0.1) is 13.8 Å². The first-order valence-electron chi connectivity index (χ1n) is 7.93. The van der Waals surface area contributed by atoms with Crippen LogP contribution in [0.4, 0.5) is 0 Å². The third-order valence-electron chi connectivity index (χ3n) is 3.98. The van der Waals surface area contributed by atoms with Crippen LogP contribution in [0.2, 0.25) is 0 Å². The number of ether oxygens (including phenoxy) is 1. The van der Waals surface area contributed by atoms with E-state index in [1.54, 1.807) is 12.1 Å². The van der Waals surface area contributed by atoms with Crippen LogP contribution in [0.25, 0.3) is 11.4 Å². The lowest BCUT2D eigenvalue weighted by Crippen LogP contribution is -2.24. The Balaban J connectivity index is 1.79. The number of methoxy groups -OCH3 is 1. The van der Waals surface area contributed by atoms with Crippen LogP contribution >= 0.6 is 0 Å². The number of hydrogen-bond acceptors (Lipinski definition) is 6. The molecule has 136 valence electrons. The van der Waals surface area contributed by atoms with Gasteiger partial charge in [0.05, 0.1) is 13.7 Å². The average Bonchev–Trinajstić information content (AvgIpc) is 3.12. The van der Waals surface area contributed by atoms with Crippen molar-refractivity contribution >= 4 is 10.0 Å². The van der Waals surface area contributed by atoms with E-state index in [-0.39, 0.29) is 23.1 Å². The van der Waals surface area contributed by atoms with Crippen molar-refractivity contribution in [3.8, 4) is 17.1 Å². The Kier molecular flexibility index (Phi) is 5.06. The van der Waals surface area contributed by atoms with Gasteiger partial charge < -0.3 is 9.26 Å².